The van der Waals surface area contributed by atoms with E-state index in [0.717, 1.165) is 23.5 Å². The molecule has 0 saturated carbocycles. The van der Waals surface area contributed by atoms with E-state index in [2.05, 4.69) is 23.7 Å². The van der Waals surface area contributed by atoms with E-state index in [1.807, 2.05) is 32.1 Å². The summed E-state index contributed by atoms with van der Waals surface area (Å²) < 4.78 is 7.33. The summed E-state index contributed by atoms with van der Waals surface area (Å²) in [6, 6.07) is 12.3. The van der Waals surface area contributed by atoms with E-state index in [1.165, 1.54) is 13.0 Å². The first-order chi connectivity index (χ1) is 14.7. The van der Waals surface area contributed by atoms with E-state index in [-0.39, 0.29) is 5.57 Å². The first-order valence-electron chi connectivity index (χ1n) is 9.97. The van der Waals surface area contributed by atoms with Gasteiger partial charge in [-0.25, -0.2) is 4.79 Å². The number of rotatable bonds is 7. The van der Waals surface area contributed by atoms with Gasteiger partial charge in [-0.3, -0.25) is 4.79 Å². The zero-order chi connectivity index (χ0) is 23.1. The number of esters is 1. The lowest BCUT2D eigenvalue weighted by Crippen LogP contribution is -2.30. The smallest absolute Gasteiger partial charge is 0.349 e. The number of aromatic nitrogens is 1. The van der Waals surface area contributed by atoms with E-state index in [0.29, 0.717) is 17.2 Å². The highest BCUT2D eigenvalue weighted by atomic mass is 16.5. The second kappa shape index (κ2) is 10.3. The summed E-state index contributed by atoms with van der Waals surface area (Å²) >= 11 is 0. The van der Waals surface area contributed by atoms with Gasteiger partial charge in [0, 0.05) is 17.9 Å². The molecule has 2 aromatic rings. The minimum atomic E-state index is -1.15. The first-order valence-corrected chi connectivity index (χ1v) is 9.97. The molecule has 0 fully saturated rings. The Morgan fingerprint density at radius 3 is 2.48 bits per heavy atom. The van der Waals surface area contributed by atoms with Gasteiger partial charge >= 0.3 is 5.97 Å². The van der Waals surface area contributed by atoms with Crippen molar-refractivity contribution >= 4 is 23.6 Å². The van der Waals surface area contributed by atoms with E-state index < -0.39 is 18.0 Å². The third-order valence-electron chi connectivity index (χ3n) is 4.76. The quantitative estimate of drug-likeness (QED) is 0.413. The number of amides is 1. The molecule has 1 N–H and O–H groups in total. The van der Waals surface area contributed by atoms with Gasteiger partial charge in [0.15, 0.2) is 6.10 Å². The monoisotopic (exact) mass is 418 g/mol. The second-order valence-electron chi connectivity index (χ2n) is 7.69. The highest BCUT2D eigenvalue weighted by Gasteiger charge is 2.22. The summed E-state index contributed by atoms with van der Waals surface area (Å²) in [6.45, 7) is 10.4. The maximum atomic E-state index is 12.5. The second-order valence-corrected chi connectivity index (χ2v) is 7.69. The summed E-state index contributed by atoms with van der Waals surface area (Å²) in [6.07, 6.45) is 0.335. The molecule has 0 aliphatic carbocycles. The molecule has 0 radical (unpaired) electrons. The van der Waals surface area contributed by atoms with Gasteiger partial charge in [0.25, 0.3) is 5.91 Å². The Kier molecular flexibility index (Phi) is 7.76. The normalized spacial score (nSPS) is 12.1. The van der Waals surface area contributed by atoms with Crippen molar-refractivity contribution in [3.8, 4) is 12.1 Å². The summed E-state index contributed by atoms with van der Waals surface area (Å²) in [4.78, 5) is 24.9. The van der Waals surface area contributed by atoms with Crippen LogP contribution >= 0.6 is 0 Å². The fraction of sp³-hybridized carbons (Fsp3) is 0.333. The SMILES string of the molecule is Cc1cc(/C=C(\C#N)C(=O)O[C@H](C)C(=O)Nc2ccccc2C#N)c(C)n1CC(C)C. The van der Waals surface area contributed by atoms with E-state index >= 15 is 0 Å². The molecule has 0 bridgehead atoms. The van der Waals surface area contributed by atoms with Gasteiger partial charge in [-0.15, -0.1) is 0 Å². The Morgan fingerprint density at radius 2 is 1.87 bits per heavy atom. The van der Waals surface area contributed by atoms with Crippen LogP contribution in [0, 0.1) is 42.4 Å². The molecule has 7 heteroatoms. The number of nitriles is 2. The van der Waals surface area contributed by atoms with Crippen LogP contribution in [0.4, 0.5) is 5.69 Å². The van der Waals surface area contributed by atoms with Crippen LogP contribution in [0.5, 0.6) is 0 Å². The minimum absolute atomic E-state index is 0.193. The van der Waals surface area contributed by atoms with Gasteiger partial charge in [-0.05, 0) is 56.5 Å². The molecule has 1 atom stereocenters. The molecular formula is C24H26N4O3. The molecule has 160 valence electrons. The predicted molar refractivity (Wildman–Crippen MR) is 118 cm³/mol. The molecule has 1 heterocycles. The van der Waals surface area contributed by atoms with Gasteiger partial charge in [-0.2, -0.15) is 10.5 Å². The number of nitrogens with one attached hydrogen (secondary N) is 1. The zero-order valence-electron chi connectivity index (χ0n) is 18.4. The predicted octanol–water partition coefficient (Wildman–Crippen LogP) is 4.11. The van der Waals surface area contributed by atoms with Crippen molar-refractivity contribution < 1.29 is 14.3 Å². The molecule has 1 aromatic carbocycles. The summed E-state index contributed by atoms with van der Waals surface area (Å²) in [5, 5.41) is 21.1. The van der Waals surface area contributed by atoms with Crippen LogP contribution < -0.4 is 5.32 Å². The Labute approximate surface area is 182 Å². The lowest BCUT2D eigenvalue weighted by molar-refractivity contribution is -0.148. The van der Waals surface area contributed by atoms with Crippen molar-refractivity contribution in [2.45, 2.75) is 47.3 Å². The number of carbonyl (C=O) groups excluding carboxylic acids is 2. The maximum Gasteiger partial charge on any atom is 0.349 e. The fourth-order valence-electron chi connectivity index (χ4n) is 3.11. The number of para-hydroxylation sites is 1. The van der Waals surface area contributed by atoms with Crippen molar-refractivity contribution in [3.63, 3.8) is 0 Å². The molecule has 1 amide bonds. The molecule has 0 spiro atoms. The summed E-state index contributed by atoms with van der Waals surface area (Å²) in [7, 11) is 0. The van der Waals surface area contributed by atoms with Gasteiger partial charge in [0.2, 0.25) is 0 Å². The van der Waals surface area contributed by atoms with Crippen LogP contribution in [0.25, 0.3) is 6.08 Å². The fourth-order valence-corrected chi connectivity index (χ4v) is 3.11. The van der Waals surface area contributed by atoms with Crippen molar-refractivity contribution in [3.05, 3.63) is 58.4 Å². The van der Waals surface area contributed by atoms with Crippen LogP contribution in [0.2, 0.25) is 0 Å². The summed E-state index contributed by atoms with van der Waals surface area (Å²) in [5.41, 5.74) is 3.17. The molecule has 0 aliphatic rings. The molecule has 0 aliphatic heterocycles. The number of hydrogen-bond acceptors (Lipinski definition) is 5. The number of benzene rings is 1. The molecule has 0 unspecified atom stereocenters. The standard InChI is InChI=1S/C24H26N4O3/c1-15(2)14-28-16(3)10-20(17(28)4)11-21(13-26)24(30)31-18(5)23(29)27-22-9-7-6-8-19(22)12-25/h6-11,15,18H,14H2,1-5H3,(H,27,29)/b21-11+/t18-/m1/s1. The number of carbonyl (C=O) groups is 2. The van der Waals surface area contributed by atoms with Crippen molar-refractivity contribution in [1.29, 1.82) is 10.5 Å². The maximum absolute atomic E-state index is 12.5. The average molecular weight is 418 g/mol. The molecule has 0 saturated heterocycles. The number of anilines is 1. The molecule has 2 rings (SSSR count). The van der Waals surface area contributed by atoms with Crippen LogP contribution in [0.3, 0.4) is 0 Å². The number of aryl methyl sites for hydroxylation is 1. The summed E-state index contributed by atoms with van der Waals surface area (Å²) in [5.74, 6) is -1.02. The average Bonchev–Trinajstić information content (AvgIpc) is 2.99. The Hall–Kier alpha value is -3.84. The van der Waals surface area contributed by atoms with Gasteiger partial charge in [-0.1, -0.05) is 26.0 Å². The van der Waals surface area contributed by atoms with Gasteiger partial charge in [0.1, 0.15) is 17.7 Å². The Bertz CT molecular complexity index is 1100. The van der Waals surface area contributed by atoms with E-state index in [1.54, 1.807) is 24.3 Å². The zero-order valence-corrected chi connectivity index (χ0v) is 18.4. The first kappa shape index (κ1) is 23.4. The van der Waals surface area contributed by atoms with Crippen molar-refractivity contribution in [1.82, 2.24) is 4.57 Å². The van der Waals surface area contributed by atoms with Crippen LogP contribution in [0.1, 0.15) is 43.3 Å². The Balaban J connectivity index is 2.15. The van der Waals surface area contributed by atoms with E-state index in [4.69, 9.17) is 10.00 Å². The molecule has 1 aromatic heterocycles. The third kappa shape index (κ3) is 5.83. The highest BCUT2D eigenvalue weighted by Crippen LogP contribution is 2.20. The molecular weight excluding hydrogens is 392 g/mol. The number of nitrogens with zero attached hydrogens (tertiary/aromatic N) is 3. The van der Waals surface area contributed by atoms with Gasteiger partial charge < -0.3 is 14.6 Å². The topological polar surface area (TPSA) is 108 Å². The molecule has 31 heavy (non-hydrogen) atoms. The largest absolute Gasteiger partial charge is 0.448 e. The lowest BCUT2D eigenvalue weighted by Gasteiger charge is -2.14. The number of ether oxygens (including phenoxy) is 1. The Morgan fingerprint density at radius 1 is 1.19 bits per heavy atom. The van der Waals surface area contributed by atoms with Crippen LogP contribution in [-0.2, 0) is 20.9 Å². The highest BCUT2D eigenvalue weighted by molar-refractivity contribution is 6.01. The lowest BCUT2D eigenvalue weighted by atomic mass is 10.1. The van der Waals surface area contributed by atoms with Crippen LogP contribution in [0.15, 0.2) is 35.9 Å². The van der Waals surface area contributed by atoms with Crippen molar-refractivity contribution in [2.24, 2.45) is 5.92 Å². The number of hydrogen-bond donors (Lipinski definition) is 1. The van der Waals surface area contributed by atoms with Gasteiger partial charge in [0.05, 0.1) is 11.3 Å². The van der Waals surface area contributed by atoms with Crippen LogP contribution in [-0.4, -0.2) is 22.5 Å². The van der Waals surface area contributed by atoms with Crippen molar-refractivity contribution in [2.75, 3.05) is 5.32 Å². The minimum Gasteiger partial charge on any atom is -0.448 e. The third-order valence-corrected chi connectivity index (χ3v) is 4.76. The molecule has 7 nitrogen and oxygen atoms in total. The van der Waals surface area contributed by atoms with E-state index in [9.17, 15) is 14.9 Å².